The molecule has 2 aliphatic rings. The SMILES string of the molecule is CN1CCC(C(C)(C)CNCC2CCCCN2)C1. The van der Waals surface area contributed by atoms with Crippen molar-refractivity contribution in [3.05, 3.63) is 0 Å². The molecule has 0 bridgehead atoms. The fourth-order valence-electron chi connectivity index (χ4n) is 3.38. The van der Waals surface area contributed by atoms with Crippen molar-refractivity contribution in [3.63, 3.8) is 0 Å². The topological polar surface area (TPSA) is 27.3 Å². The minimum Gasteiger partial charge on any atom is -0.315 e. The highest BCUT2D eigenvalue weighted by Gasteiger charge is 2.33. The van der Waals surface area contributed by atoms with E-state index >= 15 is 0 Å². The number of nitrogens with one attached hydrogen (secondary N) is 2. The van der Waals surface area contributed by atoms with Gasteiger partial charge in [0.05, 0.1) is 0 Å². The van der Waals surface area contributed by atoms with Crippen molar-refractivity contribution in [2.75, 3.05) is 39.8 Å². The fourth-order valence-corrected chi connectivity index (χ4v) is 3.38. The molecule has 0 saturated carbocycles. The van der Waals surface area contributed by atoms with E-state index in [0.717, 1.165) is 19.0 Å². The zero-order chi connectivity index (χ0) is 13.0. The van der Waals surface area contributed by atoms with Crippen LogP contribution in [0.4, 0.5) is 0 Å². The van der Waals surface area contributed by atoms with Gasteiger partial charge >= 0.3 is 0 Å². The van der Waals surface area contributed by atoms with Crippen molar-refractivity contribution in [1.82, 2.24) is 15.5 Å². The molecule has 106 valence electrons. The third-order valence-corrected chi connectivity index (χ3v) is 4.88. The molecule has 2 saturated heterocycles. The predicted molar refractivity (Wildman–Crippen MR) is 77.9 cm³/mol. The molecule has 2 heterocycles. The van der Waals surface area contributed by atoms with Crippen molar-refractivity contribution in [2.45, 2.75) is 45.6 Å². The quantitative estimate of drug-likeness (QED) is 0.781. The minimum atomic E-state index is 0.430. The Hall–Kier alpha value is -0.120. The fraction of sp³-hybridized carbons (Fsp3) is 1.00. The normalized spacial score (nSPS) is 30.8. The molecule has 2 atom stereocenters. The van der Waals surface area contributed by atoms with Gasteiger partial charge in [-0.05, 0) is 50.7 Å². The zero-order valence-electron chi connectivity index (χ0n) is 12.5. The van der Waals surface area contributed by atoms with E-state index in [1.54, 1.807) is 0 Å². The van der Waals surface area contributed by atoms with E-state index in [-0.39, 0.29) is 0 Å². The summed E-state index contributed by atoms with van der Waals surface area (Å²) in [6.45, 7) is 10.9. The maximum absolute atomic E-state index is 3.71. The highest BCUT2D eigenvalue weighted by molar-refractivity contribution is 4.87. The first kappa shape index (κ1) is 14.3. The Labute approximate surface area is 113 Å². The van der Waals surface area contributed by atoms with Crippen molar-refractivity contribution >= 4 is 0 Å². The monoisotopic (exact) mass is 253 g/mol. The van der Waals surface area contributed by atoms with Gasteiger partial charge in [0.15, 0.2) is 0 Å². The molecule has 2 fully saturated rings. The molecule has 0 aromatic rings. The lowest BCUT2D eigenvalue weighted by molar-refractivity contribution is 0.203. The molecule has 2 rings (SSSR count). The largest absolute Gasteiger partial charge is 0.315 e. The number of hydrogen-bond acceptors (Lipinski definition) is 3. The summed E-state index contributed by atoms with van der Waals surface area (Å²) in [6.07, 6.45) is 5.47. The number of rotatable bonds is 5. The summed E-state index contributed by atoms with van der Waals surface area (Å²) >= 11 is 0. The minimum absolute atomic E-state index is 0.430. The van der Waals surface area contributed by atoms with Gasteiger partial charge in [0.2, 0.25) is 0 Å². The van der Waals surface area contributed by atoms with E-state index in [4.69, 9.17) is 0 Å². The van der Waals surface area contributed by atoms with Crippen LogP contribution in [0.3, 0.4) is 0 Å². The van der Waals surface area contributed by atoms with Crippen molar-refractivity contribution in [1.29, 1.82) is 0 Å². The van der Waals surface area contributed by atoms with Crippen LogP contribution in [0.5, 0.6) is 0 Å². The molecule has 3 nitrogen and oxygen atoms in total. The van der Waals surface area contributed by atoms with Gasteiger partial charge in [-0.15, -0.1) is 0 Å². The van der Waals surface area contributed by atoms with Gasteiger partial charge in [0, 0.05) is 25.7 Å². The van der Waals surface area contributed by atoms with E-state index in [0.29, 0.717) is 11.5 Å². The van der Waals surface area contributed by atoms with Gasteiger partial charge in [-0.25, -0.2) is 0 Å². The Morgan fingerprint density at radius 2 is 2.11 bits per heavy atom. The van der Waals surface area contributed by atoms with Crippen LogP contribution in [-0.4, -0.2) is 50.7 Å². The standard InChI is InChI=1S/C15H31N3/c1-15(2,13-7-9-18(3)11-13)12-16-10-14-6-4-5-8-17-14/h13-14,16-17H,4-12H2,1-3H3. The van der Waals surface area contributed by atoms with E-state index in [2.05, 4.69) is 36.4 Å². The second-order valence-electron chi connectivity index (χ2n) is 7.01. The summed E-state index contributed by atoms with van der Waals surface area (Å²) in [7, 11) is 2.25. The highest BCUT2D eigenvalue weighted by Crippen LogP contribution is 2.33. The van der Waals surface area contributed by atoms with Crippen LogP contribution in [0.2, 0.25) is 0 Å². The molecule has 0 amide bonds. The third kappa shape index (κ3) is 3.94. The number of likely N-dealkylation sites (tertiary alicyclic amines) is 1. The van der Waals surface area contributed by atoms with E-state index < -0.39 is 0 Å². The molecule has 0 spiro atoms. The molecular formula is C15H31N3. The van der Waals surface area contributed by atoms with Crippen LogP contribution in [-0.2, 0) is 0 Å². The van der Waals surface area contributed by atoms with Crippen LogP contribution in [0.15, 0.2) is 0 Å². The summed E-state index contributed by atoms with van der Waals surface area (Å²) in [5.41, 5.74) is 0.430. The lowest BCUT2D eigenvalue weighted by Crippen LogP contribution is -2.45. The Morgan fingerprint density at radius 3 is 2.72 bits per heavy atom. The molecule has 0 aliphatic carbocycles. The van der Waals surface area contributed by atoms with E-state index in [1.807, 2.05) is 0 Å². The molecule has 3 heteroatoms. The molecule has 0 aromatic carbocycles. The number of hydrogen-bond donors (Lipinski definition) is 2. The van der Waals surface area contributed by atoms with Crippen LogP contribution in [0, 0.1) is 11.3 Å². The Kier molecular flexibility index (Phi) is 5.05. The van der Waals surface area contributed by atoms with Crippen molar-refractivity contribution in [2.24, 2.45) is 11.3 Å². The van der Waals surface area contributed by atoms with Crippen LogP contribution in [0.1, 0.15) is 39.5 Å². The number of nitrogens with zero attached hydrogens (tertiary/aromatic N) is 1. The van der Waals surface area contributed by atoms with Crippen LogP contribution >= 0.6 is 0 Å². The van der Waals surface area contributed by atoms with Crippen LogP contribution in [0.25, 0.3) is 0 Å². The highest BCUT2D eigenvalue weighted by atomic mass is 15.1. The lowest BCUT2D eigenvalue weighted by atomic mass is 9.78. The second kappa shape index (κ2) is 6.36. The average Bonchev–Trinajstić information content (AvgIpc) is 2.78. The van der Waals surface area contributed by atoms with Gasteiger partial charge in [-0.2, -0.15) is 0 Å². The summed E-state index contributed by atoms with van der Waals surface area (Å²) < 4.78 is 0. The van der Waals surface area contributed by atoms with Gasteiger partial charge in [0.1, 0.15) is 0 Å². The van der Waals surface area contributed by atoms with Crippen molar-refractivity contribution in [3.8, 4) is 0 Å². The van der Waals surface area contributed by atoms with Gasteiger partial charge in [-0.3, -0.25) is 0 Å². The molecule has 0 aromatic heterocycles. The Balaban J connectivity index is 1.68. The van der Waals surface area contributed by atoms with Gasteiger partial charge in [-0.1, -0.05) is 20.3 Å². The predicted octanol–water partition coefficient (Wildman–Crippen LogP) is 1.70. The van der Waals surface area contributed by atoms with Gasteiger partial charge < -0.3 is 15.5 Å². The Morgan fingerprint density at radius 1 is 1.28 bits per heavy atom. The first-order valence-corrected chi connectivity index (χ1v) is 7.70. The zero-order valence-corrected chi connectivity index (χ0v) is 12.5. The van der Waals surface area contributed by atoms with Crippen molar-refractivity contribution < 1.29 is 0 Å². The molecule has 2 unspecified atom stereocenters. The summed E-state index contributed by atoms with van der Waals surface area (Å²) in [5.74, 6) is 0.856. The average molecular weight is 253 g/mol. The van der Waals surface area contributed by atoms with E-state index in [9.17, 15) is 0 Å². The second-order valence-corrected chi connectivity index (χ2v) is 7.01. The summed E-state index contributed by atoms with van der Waals surface area (Å²) in [5, 5.41) is 7.32. The maximum atomic E-state index is 3.71. The third-order valence-electron chi connectivity index (χ3n) is 4.88. The molecule has 18 heavy (non-hydrogen) atoms. The smallest absolute Gasteiger partial charge is 0.0192 e. The summed E-state index contributed by atoms with van der Waals surface area (Å²) in [4.78, 5) is 2.47. The van der Waals surface area contributed by atoms with Gasteiger partial charge in [0.25, 0.3) is 0 Å². The molecular weight excluding hydrogens is 222 g/mol. The maximum Gasteiger partial charge on any atom is 0.0192 e. The molecule has 0 radical (unpaired) electrons. The summed E-state index contributed by atoms with van der Waals surface area (Å²) in [6, 6.07) is 0.709. The first-order chi connectivity index (χ1) is 8.58. The van der Waals surface area contributed by atoms with Crippen LogP contribution < -0.4 is 10.6 Å². The number of piperidine rings is 1. The Bertz CT molecular complexity index is 246. The van der Waals surface area contributed by atoms with E-state index in [1.165, 1.54) is 45.3 Å². The molecule has 2 aliphatic heterocycles. The molecule has 2 N–H and O–H groups in total. The first-order valence-electron chi connectivity index (χ1n) is 7.70. The lowest BCUT2D eigenvalue weighted by Gasteiger charge is -2.33.